The number of hydrogen-bond acceptors (Lipinski definition) is 6. The predicted octanol–water partition coefficient (Wildman–Crippen LogP) is 2.30. The maximum atomic E-state index is 12.9. The second-order valence-electron chi connectivity index (χ2n) is 7.34. The van der Waals surface area contributed by atoms with Crippen LogP contribution in [-0.2, 0) is 16.0 Å². The summed E-state index contributed by atoms with van der Waals surface area (Å²) < 4.78 is 5.11. The molecule has 30 heavy (non-hydrogen) atoms. The number of ether oxygens (including phenoxy) is 1. The van der Waals surface area contributed by atoms with Crippen LogP contribution in [0.25, 0.3) is 0 Å². The summed E-state index contributed by atoms with van der Waals surface area (Å²) in [4.78, 5) is 25.3. The van der Waals surface area contributed by atoms with Crippen molar-refractivity contribution in [2.24, 2.45) is 5.10 Å². The zero-order chi connectivity index (χ0) is 21.1. The van der Waals surface area contributed by atoms with Gasteiger partial charge in [0.05, 0.1) is 13.2 Å². The molecule has 1 fully saturated rings. The molecule has 2 atom stereocenters. The fourth-order valence-corrected chi connectivity index (χ4v) is 3.67. The standard InChI is InChI=1S/C22H25N5O3/c1-3-15-4-6-16(7-5-15)19-12-20-22(29)26(23-14-27(20)25-19)13-21(28)24-17-8-10-18(30-2)11-9-17/h4-11,14,19-20,25H,3,12-13H2,1-2H3,(H,24,28). The molecule has 2 aliphatic heterocycles. The van der Waals surface area contributed by atoms with Crippen molar-refractivity contribution in [3.05, 3.63) is 59.7 Å². The lowest BCUT2D eigenvalue weighted by atomic mass is 9.99. The highest BCUT2D eigenvalue weighted by atomic mass is 16.5. The number of carbonyl (C=O) groups excluding carboxylic acids is 2. The number of hydrazone groups is 1. The van der Waals surface area contributed by atoms with Gasteiger partial charge in [0.25, 0.3) is 5.91 Å². The van der Waals surface area contributed by atoms with E-state index in [-0.39, 0.29) is 30.4 Å². The summed E-state index contributed by atoms with van der Waals surface area (Å²) in [5, 5.41) is 9.89. The molecule has 0 aromatic heterocycles. The van der Waals surface area contributed by atoms with Gasteiger partial charge in [-0.1, -0.05) is 31.2 Å². The quantitative estimate of drug-likeness (QED) is 0.767. The minimum atomic E-state index is -0.382. The van der Waals surface area contributed by atoms with E-state index in [9.17, 15) is 9.59 Å². The molecule has 1 saturated heterocycles. The molecule has 2 amide bonds. The topological polar surface area (TPSA) is 86.3 Å². The molecule has 0 radical (unpaired) electrons. The van der Waals surface area contributed by atoms with Gasteiger partial charge in [-0.15, -0.1) is 0 Å². The van der Waals surface area contributed by atoms with Gasteiger partial charge in [0.1, 0.15) is 24.7 Å². The van der Waals surface area contributed by atoms with Crippen LogP contribution in [-0.4, -0.2) is 47.9 Å². The number of methoxy groups -OCH3 is 1. The molecule has 0 bridgehead atoms. The number of anilines is 1. The Morgan fingerprint density at radius 1 is 1.20 bits per heavy atom. The van der Waals surface area contributed by atoms with E-state index in [1.165, 1.54) is 10.6 Å². The van der Waals surface area contributed by atoms with Crippen molar-refractivity contribution in [2.45, 2.75) is 31.8 Å². The Morgan fingerprint density at radius 3 is 2.60 bits per heavy atom. The predicted molar refractivity (Wildman–Crippen MR) is 114 cm³/mol. The molecule has 4 rings (SSSR count). The lowest BCUT2D eigenvalue weighted by molar-refractivity contribution is -0.139. The Kier molecular flexibility index (Phi) is 5.67. The first-order chi connectivity index (χ1) is 14.6. The van der Waals surface area contributed by atoms with E-state index in [1.807, 2.05) is 0 Å². The van der Waals surface area contributed by atoms with E-state index in [1.54, 1.807) is 42.7 Å². The van der Waals surface area contributed by atoms with Crippen LogP contribution in [0.2, 0.25) is 0 Å². The molecule has 8 heteroatoms. The second kappa shape index (κ2) is 8.54. The van der Waals surface area contributed by atoms with Gasteiger partial charge >= 0.3 is 0 Å². The van der Waals surface area contributed by atoms with Crippen molar-refractivity contribution < 1.29 is 14.3 Å². The Balaban J connectivity index is 1.36. The molecule has 2 aliphatic rings. The zero-order valence-corrected chi connectivity index (χ0v) is 17.0. The number of fused-ring (bicyclic) bond motifs is 1. The first-order valence-corrected chi connectivity index (χ1v) is 10.00. The van der Waals surface area contributed by atoms with Crippen molar-refractivity contribution in [1.82, 2.24) is 15.4 Å². The zero-order valence-electron chi connectivity index (χ0n) is 17.0. The summed E-state index contributed by atoms with van der Waals surface area (Å²) in [7, 11) is 1.58. The van der Waals surface area contributed by atoms with Crippen molar-refractivity contribution in [1.29, 1.82) is 0 Å². The maximum Gasteiger partial charge on any atom is 0.267 e. The molecular weight excluding hydrogens is 382 g/mol. The number of amides is 2. The monoisotopic (exact) mass is 407 g/mol. The summed E-state index contributed by atoms with van der Waals surface area (Å²) in [5.41, 5.74) is 6.37. The molecule has 156 valence electrons. The number of nitrogens with zero attached hydrogens (tertiary/aromatic N) is 3. The number of benzene rings is 2. The fraction of sp³-hybridized carbons (Fsp3) is 0.318. The summed E-state index contributed by atoms with van der Waals surface area (Å²) in [6, 6.07) is 15.1. The van der Waals surface area contributed by atoms with Crippen LogP contribution in [0.5, 0.6) is 5.75 Å². The van der Waals surface area contributed by atoms with Gasteiger partial charge in [0.15, 0.2) is 0 Å². The van der Waals surface area contributed by atoms with Gasteiger partial charge < -0.3 is 10.1 Å². The van der Waals surface area contributed by atoms with E-state index in [4.69, 9.17) is 4.74 Å². The van der Waals surface area contributed by atoms with E-state index in [2.05, 4.69) is 47.0 Å². The average molecular weight is 407 g/mol. The Labute approximate surface area is 175 Å². The van der Waals surface area contributed by atoms with Crippen LogP contribution >= 0.6 is 0 Å². The molecule has 2 heterocycles. The lowest BCUT2D eigenvalue weighted by Gasteiger charge is -2.29. The third-order valence-electron chi connectivity index (χ3n) is 5.41. The molecule has 2 aromatic carbocycles. The van der Waals surface area contributed by atoms with Gasteiger partial charge in [-0.3, -0.25) is 14.6 Å². The number of rotatable bonds is 6. The number of carbonyl (C=O) groups is 2. The van der Waals surface area contributed by atoms with Gasteiger partial charge in [-0.2, -0.15) is 5.10 Å². The molecule has 0 saturated carbocycles. The van der Waals surface area contributed by atoms with Gasteiger partial charge in [0.2, 0.25) is 5.91 Å². The second-order valence-corrected chi connectivity index (χ2v) is 7.34. The normalized spacial score (nSPS) is 20.3. The van der Waals surface area contributed by atoms with Crippen molar-refractivity contribution in [3.8, 4) is 5.75 Å². The van der Waals surface area contributed by atoms with Gasteiger partial charge in [-0.25, -0.2) is 10.4 Å². The Bertz CT molecular complexity index is 942. The highest BCUT2D eigenvalue weighted by Gasteiger charge is 2.41. The molecule has 8 nitrogen and oxygen atoms in total. The SMILES string of the molecule is CCc1ccc(C2CC3C(=O)N(CC(=O)Nc4ccc(OC)cc4)N=CN3N2)cc1. The molecule has 0 aliphatic carbocycles. The third kappa shape index (κ3) is 4.13. The molecule has 2 N–H and O–H groups in total. The fourth-order valence-electron chi connectivity index (χ4n) is 3.67. The smallest absolute Gasteiger partial charge is 0.267 e. The maximum absolute atomic E-state index is 12.9. The van der Waals surface area contributed by atoms with Gasteiger partial charge in [-0.05, 0) is 48.2 Å². The highest BCUT2D eigenvalue weighted by molar-refractivity contribution is 5.96. The number of aryl methyl sites for hydroxylation is 1. The first kappa shape index (κ1) is 19.9. The van der Waals surface area contributed by atoms with Gasteiger partial charge in [0, 0.05) is 5.69 Å². The van der Waals surface area contributed by atoms with E-state index in [0.29, 0.717) is 17.9 Å². The molecule has 2 aromatic rings. The van der Waals surface area contributed by atoms with Crippen molar-refractivity contribution in [3.63, 3.8) is 0 Å². The van der Waals surface area contributed by atoms with E-state index in [0.717, 1.165) is 12.0 Å². The van der Waals surface area contributed by atoms with Crippen molar-refractivity contribution >= 4 is 23.8 Å². The van der Waals surface area contributed by atoms with E-state index < -0.39 is 0 Å². The Hall–Kier alpha value is -3.39. The van der Waals surface area contributed by atoms with E-state index >= 15 is 0 Å². The average Bonchev–Trinajstić information content (AvgIpc) is 3.21. The molecule has 0 spiro atoms. The van der Waals surface area contributed by atoms with Crippen LogP contribution < -0.4 is 15.5 Å². The van der Waals surface area contributed by atoms with Crippen LogP contribution in [0.15, 0.2) is 53.6 Å². The highest BCUT2D eigenvalue weighted by Crippen LogP contribution is 2.29. The number of hydrogen-bond donors (Lipinski definition) is 2. The number of hydrazine groups is 1. The molecule has 2 unspecified atom stereocenters. The van der Waals surface area contributed by atoms with Crippen LogP contribution in [0.1, 0.15) is 30.5 Å². The van der Waals surface area contributed by atoms with Crippen LogP contribution in [0, 0.1) is 0 Å². The molecular formula is C22H25N5O3. The summed E-state index contributed by atoms with van der Waals surface area (Å²) in [6.07, 6.45) is 3.19. The van der Waals surface area contributed by atoms with Crippen LogP contribution in [0.3, 0.4) is 0 Å². The summed E-state index contributed by atoms with van der Waals surface area (Å²) in [6.45, 7) is 1.99. The lowest BCUT2D eigenvalue weighted by Crippen LogP contribution is -2.52. The van der Waals surface area contributed by atoms with Crippen LogP contribution in [0.4, 0.5) is 5.69 Å². The summed E-state index contributed by atoms with van der Waals surface area (Å²) >= 11 is 0. The largest absolute Gasteiger partial charge is 0.497 e. The summed E-state index contributed by atoms with van der Waals surface area (Å²) in [5.74, 6) is 0.204. The minimum absolute atomic E-state index is 0.0318. The first-order valence-electron chi connectivity index (χ1n) is 10.00. The number of nitrogens with one attached hydrogen (secondary N) is 2. The van der Waals surface area contributed by atoms with Crippen molar-refractivity contribution in [2.75, 3.05) is 19.0 Å². The minimum Gasteiger partial charge on any atom is -0.497 e. The Morgan fingerprint density at radius 2 is 1.93 bits per heavy atom. The third-order valence-corrected chi connectivity index (χ3v) is 5.41.